The number of hydrogen-bond acceptors (Lipinski definition) is 4. The summed E-state index contributed by atoms with van der Waals surface area (Å²) in [7, 11) is 1.49. The second-order valence-corrected chi connectivity index (χ2v) is 5.42. The van der Waals surface area contributed by atoms with Crippen LogP contribution in [0.1, 0.15) is 10.4 Å². The van der Waals surface area contributed by atoms with Gasteiger partial charge in [0.2, 0.25) is 0 Å². The maximum atomic E-state index is 14.1. The van der Waals surface area contributed by atoms with Crippen LogP contribution in [0.3, 0.4) is 0 Å². The third-order valence-electron chi connectivity index (χ3n) is 3.93. The summed E-state index contributed by atoms with van der Waals surface area (Å²) >= 11 is 0. The fourth-order valence-corrected chi connectivity index (χ4v) is 2.65. The van der Waals surface area contributed by atoms with E-state index >= 15 is 0 Å². The topological polar surface area (TPSA) is 50.8 Å². The Bertz CT molecular complexity index is 730. The summed E-state index contributed by atoms with van der Waals surface area (Å²) in [6.45, 7) is 2.76. The van der Waals surface area contributed by atoms with Crippen LogP contribution in [-0.4, -0.2) is 39.3 Å². The monoisotopic (exact) mass is 330 g/mol. The molecular formula is C18H19FN2O3. The van der Waals surface area contributed by atoms with Crippen LogP contribution in [0.4, 0.5) is 15.8 Å². The van der Waals surface area contributed by atoms with Crippen molar-refractivity contribution in [2.75, 3.05) is 43.6 Å². The van der Waals surface area contributed by atoms with Crippen molar-refractivity contribution in [1.29, 1.82) is 0 Å². The van der Waals surface area contributed by atoms with E-state index in [9.17, 15) is 9.18 Å². The summed E-state index contributed by atoms with van der Waals surface area (Å²) in [5.41, 5.74) is 1.36. The first-order valence-electron chi connectivity index (χ1n) is 7.75. The van der Waals surface area contributed by atoms with Crippen LogP contribution in [0.2, 0.25) is 0 Å². The van der Waals surface area contributed by atoms with Crippen molar-refractivity contribution in [3.05, 3.63) is 53.8 Å². The van der Waals surface area contributed by atoms with Gasteiger partial charge in [0.25, 0.3) is 5.91 Å². The van der Waals surface area contributed by atoms with Crippen molar-refractivity contribution < 1.29 is 18.7 Å². The average molecular weight is 330 g/mol. The molecule has 0 bridgehead atoms. The third-order valence-corrected chi connectivity index (χ3v) is 3.93. The molecule has 0 saturated carbocycles. The molecule has 0 aliphatic carbocycles. The number of nitrogens with one attached hydrogen (secondary N) is 1. The highest BCUT2D eigenvalue weighted by molar-refractivity contribution is 6.06. The molecule has 0 aromatic heterocycles. The summed E-state index contributed by atoms with van der Waals surface area (Å²) in [5, 5.41) is 2.63. The number of amides is 1. The first-order chi connectivity index (χ1) is 11.7. The van der Waals surface area contributed by atoms with Gasteiger partial charge in [-0.25, -0.2) is 4.39 Å². The van der Waals surface area contributed by atoms with Gasteiger partial charge in [0, 0.05) is 18.8 Å². The number of anilines is 2. The van der Waals surface area contributed by atoms with E-state index in [1.54, 1.807) is 36.4 Å². The normalized spacial score (nSPS) is 14.3. The number of morpholine rings is 1. The molecule has 1 N–H and O–H groups in total. The average Bonchev–Trinajstić information content (AvgIpc) is 2.64. The van der Waals surface area contributed by atoms with Gasteiger partial charge in [0.1, 0.15) is 11.6 Å². The molecule has 1 aliphatic heterocycles. The van der Waals surface area contributed by atoms with Gasteiger partial charge in [-0.1, -0.05) is 12.1 Å². The van der Waals surface area contributed by atoms with E-state index in [1.165, 1.54) is 13.2 Å². The largest absolute Gasteiger partial charge is 0.496 e. The van der Waals surface area contributed by atoms with Crippen molar-refractivity contribution in [2.45, 2.75) is 0 Å². The number of halogens is 1. The Morgan fingerprint density at radius 3 is 2.71 bits per heavy atom. The van der Waals surface area contributed by atoms with Crippen molar-refractivity contribution in [2.24, 2.45) is 0 Å². The predicted molar refractivity (Wildman–Crippen MR) is 90.4 cm³/mol. The van der Waals surface area contributed by atoms with Gasteiger partial charge in [-0.3, -0.25) is 4.79 Å². The van der Waals surface area contributed by atoms with Crippen molar-refractivity contribution in [3.8, 4) is 5.75 Å². The molecule has 0 radical (unpaired) electrons. The number of carbonyl (C=O) groups is 1. The van der Waals surface area contributed by atoms with Crippen molar-refractivity contribution in [3.63, 3.8) is 0 Å². The van der Waals surface area contributed by atoms with Gasteiger partial charge in [-0.05, 0) is 30.3 Å². The molecule has 1 fully saturated rings. The molecule has 0 unspecified atom stereocenters. The first kappa shape index (κ1) is 16.3. The number of benzene rings is 2. The number of carbonyl (C=O) groups excluding carboxylic acids is 1. The molecule has 6 heteroatoms. The van der Waals surface area contributed by atoms with E-state index in [2.05, 4.69) is 10.2 Å². The van der Waals surface area contributed by atoms with Gasteiger partial charge in [-0.2, -0.15) is 0 Å². The smallest absolute Gasteiger partial charge is 0.259 e. The number of nitrogens with zero attached hydrogens (tertiary/aromatic N) is 1. The molecular weight excluding hydrogens is 311 g/mol. The number of ether oxygens (including phenoxy) is 2. The molecule has 1 aliphatic rings. The second-order valence-electron chi connectivity index (χ2n) is 5.42. The molecule has 1 amide bonds. The minimum atomic E-state index is -0.477. The SMILES string of the molecule is COc1ccccc1C(=O)Nc1cc(N2CCOCC2)ccc1F. The van der Waals surface area contributed by atoms with Gasteiger partial charge < -0.3 is 19.7 Å². The first-order valence-corrected chi connectivity index (χ1v) is 7.75. The van der Waals surface area contributed by atoms with Crippen molar-refractivity contribution in [1.82, 2.24) is 0 Å². The van der Waals surface area contributed by atoms with Crippen LogP contribution in [0, 0.1) is 5.82 Å². The zero-order valence-corrected chi connectivity index (χ0v) is 13.4. The molecule has 2 aromatic rings. The summed E-state index contributed by atoms with van der Waals surface area (Å²) < 4.78 is 24.6. The molecule has 5 nitrogen and oxygen atoms in total. The molecule has 2 aromatic carbocycles. The Morgan fingerprint density at radius 2 is 1.96 bits per heavy atom. The molecule has 1 heterocycles. The number of hydrogen-bond donors (Lipinski definition) is 1. The van der Waals surface area contributed by atoms with E-state index in [-0.39, 0.29) is 5.69 Å². The number of methoxy groups -OCH3 is 1. The van der Waals surface area contributed by atoms with E-state index in [4.69, 9.17) is 9.47 Å². The van der Waals surface area contributed by atoms with Crippen LogP contribution >= 0.6 is 0 Å². The molecule has 0 atom stereocenters. The maximum absolute atomic E-state index is 14.1. The van der Waals surface area contributed by atoms with E-state index in [0.717, 1.165) is 18.8 Å². The molecule has 24 heavy (non-hydrogen) atoms. The lowest BCUT2D eigenvalue weighted by Gasteiger charge is -2.29. The fraction of sp³-hybridized carbons (Fsp3) is 0.278. The quantitative estimate of drug-likeness (QED) is 0.936. The van der Waals surface area contributed by atoms with Gasteiger partial charge in [0.05, 0.1) is 31.6 Å². The summed E-state index contributed by atoms with van der Waals surface area (Å²) in [6, 6.07) is 11.6. The maximum Gasteiger partial charge on any atom is 0.259 e. The highest BCUT2D eigenvalue weighted by Gasteiger charge is 2.16. The van der Waals surface area contributed by atoms with Crippen LogP contribution in [0.25, 0.3) is 0 Å². The molecule has 126 valence electrons. The Labute approximate surface area is 140 Å². The zero-order chi connectivity index (χ0) is 16.9. The fourth-order valence-electron chi connectivity index (χ4n) is 2.65. The molecule has 0 spiro atoms. The Balaban J connectivity index is 1.82. The third kappa shape index (κ3) is 3.49. The zero-order valence-electron chi connectivity index (χ0n) is 13.4. The van der Waals surface area contributed by atoms with Crippen LogP contribution < -0.4 is 15.0 Å². The standard InChI is InChI=1S/C18H19FN2O3/c1-23-17-5-3-2-4-14(17)18(22)20-16-12-13(6-7-15(16)19)21-8-10-24-11-9-21/h2-7,12H,8-11H2,1H3,(H,20,22). The Morgan fingerprint density at radius 1 is 1.21 bits per heavy atom. The molecule has 3 rings (SSSR count). The molecule has 1 saturated heterocycles. The number of rotatable bonds is 4. The highest BCUT2D eigenvalue weighted by atomic mass is 19.1. The Hall–Kier alpha value is -2.60. The summed E-state index contributed by atoms with van der Waals surface area (Å²) in [5.74, 6) is -0.444. The van der Waals surface area contributed by atoms with Gasteiger partial charge in [0.15, 0.2) is 0 Å². The Kier molecular flexibility index (Phi) is 4.96. The van der Waals surface area contributed by atoms with Crippen LogP contribution in [0.15, 0.2) is 42.5 Å². The lowest BCUT2D eigenvalue weighted by molar-refractivity contribution is 0.102. The highest BCUT2D eigenvalue weighted by Crippen LogP contribution is 2.25. The van der Waals surface area contributed by atoms with E-state index < -0.39 is 11.7 Å². The minimum Gasteiger partial charge on any atom is -0.496 e. The van der Waals surface area contributed by atoms with Crippen LogP contribution in [0.5, 0.6) is 5.75 Å². The number of para-hydroxylation sites is 1. The predicted octanol–water partition coefficient (Wildman–Crippen LogP) is 2.92. The van der Waals surface area contributed by atoms with Gasteiger partial charge >= 0.3 is 0 Å². The van der Waals surface area contributed by atoms with E-state index in [1.807, 2.05) is 0 Å². The van der Waals surface area contributed by atoms with Gasteiger partial charge in [-0.15, -0.1) is 0 Å². The lowest BCUT2D eigenvalue weighted by Crippen LogP contribution is -2.36. The minimum absolute atomic E-state index is 0.148. The second kappa shape index (κ2) is 7.31. The van der Waals surface area contributed by atoms with Crippen molar-refractivity contribution >= 4 is 17.3 Å². The summed E-state index contributed by atoms with van der Waals surface area (Å²) in [4.78, 5) is 14.5. The van der Waals surface area contributed by atoms with Crippen LogP contribution in [-0.2, 0) is 4.74 Å². The summed E-state index contributed by atoms with van der Waals surface area (Å²) in [6.07, 6.45) is 0. The van der Waals surface area contributed by atoms with E-state index in [0.29, 0.717) is 24.5 Å². The lowest BCUT2D eigenvalue weighted by atomic mass is 10.1.